The lowest BCUT2D eigenvalue weighted by molar-refractivity contribution is 0.259. The van der Waals surface area contributed by atoms with Crippen molar-refractivity contribution in [3.05, 3.63) is 22.2 Å². The van der Waals surface area contributed by atoms with Crippen LogP contribution in [0.4, 0.5) is 0 Å². The molecule has 1 aromatic rings. The molecule has 0 spiro atoms. The second-order valence-electron chi connectivity index (χ2n) is 5.41. The molecule has 0 radical (unpaired) electrons. The SMILES string of the molecule is CC(C)c1nc(OCCC2CCCCN2)cc(=O)[nH]1. The van der Waals surface area contributed by atoms with Crippen LogP contribution in [0.25, 0.3) is 0 Å². The second kappa shape index (κ2) is 6.70. The minimum Gasteiger partial charge on any atom is -0.477 e. The number of aromatic amines is 1. The molecule has 0 bridgehead atoms. The Kier molecular flexibility index (Phi) is 4.96. The maximum Gasteiger partial charge on any atom is 0.254 e. The van der Waals surface area contributed by atoms with Gasteiger partial charge in [0.15, 0.2) is 0 Å². The van der Waals surface area contributed by atoms with Gasteiger partial charge in [0, 0.05) is 12.0 Å². The van der Waals surface area contributed by atoms with E-state index < -0.39 is 0 Å². The van der Waals surface area contributed by atoms with Crippen molar-refractivity contribution in [1.82, 2.24) is 15.3 Å². The number of hydrogen-bond donors (Lipinski definition) is 2. The highest BCUT2D eigenvalue weighted by Gasteiger charge is 2.12. The smallest absolute Gasteiger partial charge is 0.254 e. The zero-order chi connectivity index (χ0) is 13.7. The zero-order valence-electron chi connectivity index (χ0n) is 11.7. The van der Waals surface area contributed by atoms with Crippen molar-refractivity contribution in [2.45, 2.75) is 51.5 Å². The lowest BCUT2D eigenvalue weighted by atomic mass is 10.0. The largest absolute Gasteiger partial charge is 0.477 e. The van der Waals surface area contributed by atoms with Crippen molar-refractivity contribution in [3.8, 4) is 5.88 Å². The summed E-state index contributed by atoms with van der Waals surface area (Å²) in [7, 11) is 0. The Morgan fingerprint density at radius 2 is 2.32 bits per heavy atom. The van der Waals surface area contributed by atoms with Gasteiger partial charge in [0.1, 0.15) is 5.82 Å². The quantitative estimate of drug-likeness (QED) is 0.852. The van der Waals surface area contributed by atoms with E-state index in [0.717, 1.165) is 13.0 Å². The van der Waals surface area contributed by atoms with Gasteiger partial charge in [-0.25, -0.2) is 0 Å². The Labute approximate surface area is 113 Å². The van der Waals surface area contributed by atoms with Crippen LogP contribution in [0.2, 0.25) is 0 Å². The minimum atomic E-state index is -0.149. The van der Waals surface area contributed by atoms with Gasteiger partial charge in [-0.2, -0.15) is 4.98 Å². The molecule has 1 aromatic heterocycles. The van der Waals surface area contributed by atoms with Gasteiger partial charge in [-0.1, -0.05) is 20.3 Å². The molecule has 0 aromatic carbocycles. The third-order valence-electron chi connectivity index (χ3n) is 3.41. The van der Waals surface area contributed by atoms with E-state index in [9.17, 15) is 4.79 Å². The van der Waals surface area contributed by atoms with Crippen LogP contribution in [0.1, 0.15) is 51.3 Å². The first-order valence-electron chi connectivity index (χ1n) is 7.12. The summed E-state index contributed by atoms with van der Waals surface area (Å²) in [6.45, 7) is 5.69. The number of nitrogens with one attached hydrogen (secondary N) is 2. The first-order chi connectivity index (χ1) is 9.15. The highest BCUT2D eigenvalue weighted by Crippen LogP contribution is 2.13. The highest BCUT2D eigenvalue weighted by molar-refractivity contribution is 5.10. The summed E-state index contributed by atoms with van der Waals surface area (Å²) >= 11 is 0. The standard InChI is InChI=1S/C14H23N3O2/c1-10(2)14-16-12(18)9-13(17-14)19-8-6-11-5-3-4-7-15-11/h9-11,15H,3-8H2,1-2H3,(H,16,17,18). The molecule has 1 aliphatic rings. The molecule has 0 saturated carbocycles. The molecule has 2 rings (SSSR count). The monoisotopic (exact) mass is 265 g/mol. The number of nitrogens with zero attached hydrogens (tertiary/aromatic N) is 1. The van der Waals surface area contributed by atoms with Crippen LogP contribution in [0.3, 0.4) is 0 Å². The first kappa shape index (κ1) is 14.1. The Morgan fingerprint density at radius 3 is 3.00 bits per heavy atom. The summed E-state index contributed by atoms with van der Waals surface area (Å²) in [6, 6.07) is 1.96. The van der Waals surface area contributed by atoms with Crippen LogP contribution >= 0.6 is 0 Å². The van der Waals surface area contributed by atoms with Crippen molar-refractivity contribution in [2.75, 3.05) is 13.2 Å². The van der Waals surface area contributed by atoms with Gasteiger partial charge in [0.05, 0.1) is 12.7 Å². The van der Waals surface area contributed by atoms with Gasteiger partial charge in [-0.3, -0.25) is 4.79 Å². The van der Waals surface area contributed by atoms with Crippen molar-refractivity contribution in [3.63, 3.8) is 0 Å². The van der Waals surface area contributed by atoms with E-state index in [1.54, 1.807) is 0 Å². The molecule has 0 aliphatic carbocycles. The maximum absolute atomic E-state index is 11.5. The number of ether oxygens (including phenoxy) is 1. The van der Waals surface area contributed by atoms with Crippen LogP contribution in [0.15, 0.2) is 10.9 Å². The number of aromatic nitrogens is 2. The van der Waals surface area contributed by atoms with Gasteiger partial charge in [0.2, 0.25) is 5.88 Å². The minimum absolute atomic E-state index is 0.149. The van der Waals surface area contributed by atoms with Crippen molar-refractivity contribution < 1.29 is 4.74 Å². The van der Waals surface area contributed by atoms with Crippen LogP contribution < -0.4 is 15.6 Å². The van der Waals surface area contributed by atoms with E-state index in [1.807, 2.05) is 13.8 Å². The fraction of sp³-hybridized carbons (Fsp3) is 0.714. The molecule has 2 heterocycles. The Morgan fingerprint density at radius 1 is 1.47 bits per heavy atom. The van der Waals surface area contributed by atoms with Gasteiger partial charge >= 0.3 is 0 Å². The first-order valence-corrected chi connectivity index (χ1v) is 7.12. The summed E-state index contributed by atoms with van der Waals surface area (Å²) in [5.74, 6) is 1.30. The molecule has 1 atom stereocenters. The summed E-state index contributed by atoms with van der Waals surface area (Å²) < 4.78 is 5.61. The van der Waals surface area contributed by atoms with Crippen LogP contribution in [0, 0.1) is 0 Å². The van der Waals surface area contributed by atoms with Gasteiger partial charge < -0.3 is 15.0 Å². The molecule has 19 heavy (non-hydrogen) atoms. The molecule has 1 fully saturated rings. The Bertz CT molecular complexity index is 450. The van der Waals surface area contributed by atoms with Crippen molar-refractivity contribution in [1.29, 1.82) is 0 Å². The molecule has 0 amide bonds. The number of H-pyrrole nitrogens is 1. The summed E-state index contributed by atoms with van der Waals surface area (Å²) in [5, 5.41) is 3.48. The van der Waals surface area contributed by atoms with E-state index >= 15 is 0 Å². The summed E-state index contributed by atoms with van der Waals surface area (Å²) in [5.41, 5.74) is -0.149. The van der Waals surface area contributed by atoms with Crippen molar-refractivity contribution >= 4 is 0 Å². The number of hydrogen-bond acceptors (Lipinski definition) is 4. The number of piperidine rings is 1. The molecule has 1 saturated heterocycles. The average Bonchev–Trinajstić information content (AvgIpc) is 2.39. The maximum atomic E-state index is 11.5. The van der Waals surface area contributed by atoms with E-state index in [4.69, 9.17) is 4.74 Å². The Balaban J connectivity index is 1.86. The fourth-order valence-corrected chi connectivity index (χ4v) is 2.28. The molecule has 1 unspecified atom stereocenters. The molecule has 106 valence electrons. The predicted octanol–water partition coefficient (Wildman–Crippen LogP) is 1.80. The predicted molar refractivity (Wildman–Crippen MR) is 74.7 cm³/mol. The summed E-state index contributed by atoms with van der Waals surface area (Å²) in [4.78, 5) is 18.5. The van der Waals surface area contributed by atoms with E-state index in [0.29, 0.717) is 24.4 Å². The van der Waals surface area contributed by atoms with Gasteiger partial charge in [-0.15, -0.1) is 0 Å². The van der Waals surface area contributed by atoms with E-state index in [1.165, 1.54) is 25.3 Å². The average molecular weight is 265 g/mol. The lowest BCUT2D eigenvalue weighted by Crippen LogP contribution is -2.35. The zero-order valence-corrected chi connectivity index (χ0v) is 11.7. The topological polar surface area (TPSA) is 67.0 Å². The molecule has 5 nitrogen and oxygen atoms in total. The normalized spacial score (nSPS) is 19.6. The third kappa shape index (κ3) is 4.35. The van der Waals surface area contributed by atoms with Gasteiger partial charge in [-0.05, 0) is 25.8 Å². The molecular formula is C14H23N3O2. The summed E-state index contributed by atoms with van der Waals surface area (Å²) in [6.07, 6.45) is 4.73. The van der Waals surface area contributed by atoms with Crippen LogP contribution in [0.5, 0.6) is 5.88 Å². The Hall–Kier alpha value is -1.36. The number of rotatable bonds is 5. The fourth-order valence-electron chi connectivity index (χ4n) is 2.28. The highest BCUT2D eigenvalue weighted by atomic mass is 16.5. The lowest BCUT2D eigenvalue weighted by Gasteiger charge is -2.23. The molecule has 1 aliphatic heterocycles. The van der Waals surface area contributed by atoms with E-state index in [2.05, 4.69) is 15.3 Å². The molecule has 5 heteroatoms. The van der Waals surface area contributed by atoms with Crippen LogP contribution in [-0.4, -0.2) is 29.2 Å². The van der Waals surface area contributed by atoms with Gasteiger partial charge in [0.25, 0.3) is 5.56 Å². The molecule has 2 N–H and O–H groups in total. The van der Waals surface area contributed by atoms with E-state index in [-0.39, 0.29) is 11.5 Å². The van der Waals surface area contributed by atoms with Crippen molar-refractivity contribution in [2.24, 2.45) is 0 Å². The second-order valence-corrected chi connectivity index (χ2v) is 5.41. The molecular weight excluding hydrogens is 242 g/mol. The van der Waals surface area contributed by atoms with Crippen LogP contribution in [-0.2, 0) is 0 Å². The third-order valence-corrected chi connectivity index (χ3v) is 3.41.